The highest BCUT2D eigenvalue weighted by molar-refractivity contribution is 7.92. The van der Waals surface area contributed by atoms with Crippen LogP contribution in [0, 0.1) is 0 Å². The molecule has 0 amide bonds. The molecule has 0 aliphatic carbocycles. The number of nitrogens with one attached hydrogen (secondary N) is 1. The van der Waals surface area contributed by atoms with Gasteiger partial charge < -0.3 is 10.4 Å². The number of aryl methyl sites for hydroxylation is 1. The van der Waals surface area contributed by atoms with Gasteiger partial charge in [-0.25, -0.2) is 8.42 Å². The second kappa shape index (κ2) is 6.52. The summed E-state index contributed by atoms with van der Waals surface area (Å²) in [4.78, 5) is 11.4. The molecule has 1 aliphatic rings. The van der Waals surface area contributed by atoms with E-state index in [4.69, 9.17) is 0 Å². The predicted molar refractivity (Wildman–Crippen MR) is 91.9 cm³/mol. The van der Waals surface area contributed by atoms with Crippen LogP contribution < -0.4 is 9.62 Å². The topological polar surface area (TPSA) is 86.7 Å². The molecule has 2 N–H and O–H groups in total. The summed E-state index contributed by atoms with van der Waals surface area (Å²) in [5.41, 5.74) is 2.07. The van der Waals surface area contributed by atoms with Crippen LogP contribution >= 0.6 is 0 Å². The van der Waals surface area contributed by atoms with Crippen LogP contribution in [0.25, 0.3) is 0 Å². The van der Waals surface area contributed by atoms with Gasteiger partial charge >= 0.3 is 5.97 Å². The maximum atomic E-state index is 13.0. The highest BCUT2D eigenvalue weighted by Crippen LogP contribution is 2.35. The number of hydrogen-bond acceptors (Lipinski definition) is 4. The zero-order valence-corrected chi connectivity index (χ0v) is 13.8. The number of benzene rings is 2. The van der Waals surface area contributed by atoms with Crippen molar-refractivity contribution in [2.24, 2.45) is 0 Å². The van der Waals surface area contributed by atoms with Crippen LogP contribution in [0.3, 0.4) is 0 Å². The Morgan fingerprint density at radius 3 is 2.58 bits per heavy atom. The quantitative estimate of drug-likeness (QED) is 0.868. The molecule has 24 heavy (non-hydrogen) atoms. The molecule has 0 aromatic heterocycles. The van der Waals surface area contributed by atoms with Gasteiger partial charge in [-0.05, 0) is 36.6 Å². The van der Waals surface area contributed by atoms with Crippen molar-refractivity contribution in [1.82, 2.24) is 0 Å². The molecule has 7 heteroatoms. The fourth-order valence-corrected chi connectivity index (χ4v) is 4.29. The average molecular weight is 346 g/mol. The van der Waals surface area contributed by atoms with E-state index in [0.717, 1.165) is 29.3 Å². The summed E-state index contributed by atoms with van der Waals surface area (Å²) in [7, 11) is -3.97. The number of para-hydroxylation sites is 1. The van der Waals surface area contributed by atoms with Gasteiger partial charge in [0.05, 0.1) is 16.3 Å². The Hall–Kier alpha value is -2.54. The third-order valence-corrected chi connectivity index (χ3v) is 5.71. The summed E-state index contributed by atoms with van der Waals surface area (Å²) in [5.74, 6) is -1.21. The summed E-state index contributed by atoms with van der Waals surface area (Å²) in [6.45, 7) is 0.103. The summed E-state index contributed by atoms with van der Waals surface area (Å²) < 4.78 is 26.9. The van der Waals surface area contributed by atoms with E-state index in [-0.39, 0.29) is 4.90 Å². The first-order valence-corrected chi connectivity index (χ1v) is 9.09. The Balaban J connectivity index is 2.13. The van der Waals surface area contributed by atoms with Crippen LogP contribution in [0.4, 0.5) is 11.4 Å². The Kier molecular flexibility index (Phi) is 4.44. The standard InChI is InChI=1S/C17H18N2O4S/c20-16(21)12-19(24(22,23)14-8-2-1-3-9-14)15-10-4-6-13-7-5-11-18-17(13)15/h1-4,6,8-10,18H,5,7,11-12H2,(H,20,21). The van der Waals surface area contributed by atoms with Crippen LogP contribution in [0.1, 0.15) is 12.0 Å². The number of hydrogen-bond donors (Lipinski definition) is 2. The van der Waals surface area contributed by atoms with E-state index in [1.807, 2.05) is 6.07 Å². The van der Waals surface area contributed by atoms with E-state index < -0.39 is 22.5 Å². The predicted octanol–water partition coefficient (Wildman–Crippen LogP) is 2.32. The minimum atomic E-state index is -3.97. The van der Waals surface area contributed by atoms with Crippen LogP contribution in [-0.2, 0) is 21.2 Å². The molecule has 1 aliphatic heterocycles. The summed E-state index contributed by atoms with van der Waals surface area (Å²) >= 11 is 0. The lowest BCUT2D eigenvalue weighted by atomic mass is 10.0. The second-order valence-corrected chi connectivity index (χ2v) is 7.42. The first-order chi connectivity index (χ1) is 11.5. The Labute approximate surface area is 140 Å². The number of sulfonamides is 1. The molecule has 2 aromatic rings. The second-order valence-electron chi connectivity index (χ2n) is 5.56. The largest absolute Gasteiger partial charge is 0.480 e. The maximum absolute atomic E-state index is 13.0. The molecule has 126 valence electrons. The average Bonchev–Trinajstić information content (AvgIpc) is 2.60. The van der Waals surface area contributed by atoms with E-state index in [9.17, 15) is 18.3 Å². The minimum Gasteiger partial charge on any atom is -0.480 e. The lowest BCUT2D eigenvalue weighted by Gasteiger charge is -2.28. The number of nitrogens with zero attached hydrogens (tertiary/aromatic N) is 1. The number of carbonyl (C=O) groups is 1. The SMILES string of the molecule is O=C(O)CN(c1cccc2c1NCCC2)S(=O)(=O)c1ccccc1. The fourth-order valence-electron chi connectivity index (χ4n) is 2.84. The van der Waals surface area contributed by atoms with Gasteiger partial charge in [-0.3, -0.25) is 9.10 Å². The van der Waals surface area contributed by atoms with E-state index in [1.54, 1.807) is 30.3 Å². The van der Waals surface area contributed by atoms with Crippen LogP contribution in [0.5, 0.6) is 0 Å². The van der Waals surface area contributed by atoms with Gasteiger partial charge in [-0.15, -0.1) is 0 Å². The minimum absolute atomic E-state index is 0.0691. The lowest BCUT2D eigenvalue weighted by Crippen LogP contribution is -2.36. The van der Waals surface area contributed by atoms with Gasteiger partial charge in [0.15, 0.2) is 0 Å². The molecule has 0 atom stereocenters. The van der Waals surface area contributed by atoms with Gasteiger partial charge in [-0.2, -0.15) is 0 Å². The third kappa shape index (κ3) is 3.07. The van der Waals surface area contributed by atoms with Gasteiger partial charge in [0.2, 0.25) is 0 Å². The molecule has 0 radical (unpaired) electrons. The Bertz CT molecular complexity index is 850. The first kappa shape index (κ1) is 16.3. The highest BCUT2D eigenvalue weighted by Gasteiger charge is 2.29. The van der Waals surface area contributed by atoms with Crippen molar-refractivity contribution < 1.29 is 18.3 Å². The van der Waals surface area contributed by atoms with Gasteiger partial charge in [-0.1, -0.05) is 30.3 Å². The highest BCUT2D eigenvalue weighted by atomic mass is 32.2. The van der Waals surface area contributed by atoms with Gasteiger partial charge in [0.1, 0.15) is 6.54 Å². The molecule has 0 spiro atoms. The molecular formula is C17H18N2O4S. The smallest absolute Gasteiger partial charge is 0.324 e. The molecular weight excluding hydrogens is 328 g/mol. The van der Waals surface area contributed by atoms with Gasteiger partial charge in [0, 0.05) is 6.54 Å². The zero-order chi connectivity index (χ0) is 17.2. The monoisotopic (exact) mass is 346 g/mol. The number of anilines is 2. The number of fused-ring (bicyclic) bond motifs is 1. The van der Waals surface area contributed by atoms with Gasteiger partial charge in [0.25, 0.3) is 10.0 Å². The Morgan fingerprint density at radius 1 is 1.12 bits per heavy atom. The van der Waals surface area contributed by atoms with Crippen molar-refractivity contribution in [3.8, 4) is 0 Å². The molecule has 0 saturated heterocycles. The van der Waals surface area contributed by atoms with Crippen molar-refractivity contribution in [1.29, 1.82) is 0 Å². The molecule has 1 heterocycles. The zero-order valence-electron chi connectivity index (χ0n) is 13.0. The van der Waals surface area contributed by atoms with Crippen LogP contribution in [-0.4, -0.2) is 32.6 Å². The van der Waals surface area contributed by atoms with Crippen molar-refractivity contribution in [2.75, 3.05) is 22.7 Å². The van der Waals surface area contributed by atoms with E-state index >= 15 is 0 Å². The molecule has 0 fully saturated rings. The fraction of sp³-hybridized carbons (Fsp3) is 0.235. The van der Waals surface area contributed by atoms with E-state index in [0.29, 0.717) is 11.4 Å². The van der Waals surface area contributed by atoms with E-state index in [2.05, 4.69) is 5.32 Å². The number of carboxylic acids is 1. The van der Waals surface area contributed by atoms with Crippen LogP contribution in [0.15, 0.2) is 53.4 Å². The molecule has 0 unspecified atom stereocenters. The number of carboxylic acid groups (broad SMARTS) is 1. The van der Waals surface area contributed by atoms with Crippen LogP contribution in [0.2, 0.25) is 0 Å². The summed E-state index contributed by atoms with van der Waals surface area (Å²) in [5, 5.41) is 12.4. The van der Waals surface area contributed by atoms with Crippen molar-refractivity contribution in [2.45, 2.75) is 17.7 Å². The summed E-state index contributed by atoms with van der Waals surface area (Å²) in [6.07, 6.45) is 1.79. The van der Waals surface area contributed by atoms with Crippen molar-refractivity contribution in [3.63, 3.8) is 0 Å². The lowest BCUT2D eigenvalue weighted by molar-refractivity contribution is -0.135. The third-order valence-electron chi connectivity index (χ3n) is 3.93. The first-order valence-electron chi connectivity index (χ1n) is 7.65. The summed E-state index contributed by atoms with van der Waals surface area (Å²) in [6, 6.07) is 13.2. The maximum Gasteiger partial charge on any atom is 0.324 e. The molecule has 0 saturated carbocycles. The Morgan fingerprint density at radius 2 is 1.88 bits per heavy atom. The molecule has 6 nitrogen and oxygen atoms in total. The van der Waals surface area contributed by atoms with E-state index in [1.165, 1.54) is 12.1 Å². The molecule has 0 bridgehead atoms. The number of aliphatic carboxylic acids is 1. The van der Waals surface area contributed by atoms with Crippen molar-refractivity contribution in [3.05, 3.63) is 54.1 Å². The molecule has 3 rings (SSSR count). The molecule has 2 aromatic carbocycles. The normalized spacial score (nSPS) is 13.7. The van der Waals surface area contributed by atoms with Crippen molar-refractivity contribution >= 4 is 27.4 Å². The number of rotatable bonds is 5.